The van der Waals surface area contributed by atoms with Crippen LogP contribution in [0.5, 0.6) is 0 Å². The van der Waals surface area contributed by atoms with Crippen molar-refractivity contribution in [2.45, 2.75) is 26.8 Å². The first kappa shape index (κ1) is 18.4. The molecule has 1 atom stereocenters. The number of hydrogen-bond acceptors (Lipinski definition) is 2. The van der Waals surface area contributed by atoms with Crippen LogP contribution in [0.1, 0.15) is 22.5 Å². The lowest BCUT2D eigenvalue weighted by Gasteiger charge is -2.20. The fourth-order valence-electron chi connectivity index (χ4n) is 4.07. The summed E-state index contributed by atoms with van der Waals surface area (Å²) in [6.45, 7) is 6.20. The maximum Gasteiger partial charge on any atom is 0.282 e. The Morgan fingerprint density at radius 1 is 1.07 bits per heavy atom. The van der Waals surface area contributed by atoms with Crippen LogP contribution in [-0.4, -0.2) is 35.8 Å². The summed E-state index contributed by atoms with van der Waals surface area (Å²) >= 11 is 0. The van der Waals surface area contributed by atoms with Gasteiger partial charge in [0.15, 0.2) is 6.54 Å². The number of fused-ring (bicyclic) bond motifs is 1. The van der Waals surface area contributed by atoms with Gasteiger partial charge in [-0.3, -0.25) is 4.79 Å². The topological polar surface area (TPSA) is 42.6 Å². The summed E-state index contributed by atoms with van der Waals surface area (Å²) in [7, 11) is 2.08. The number of carbonyl (C=O) groups excluding carboxylic acids is 1. The maximum absolute atomic E-state index is 12.9. The van der Waals surface area contributed by atoms with Crippen LogP contribution >= 0.6 is 0 Å². The molecule has 1 aliphatic heterocycles. The van der Waals surface area contributed by atoms with E-state index in [0.717, 1.165) is 42.3 Å². The molecule has 2 aromatic carbocycles. The molecule has 5 heteroatoms. The molecule has 0 saturated heterocycles. The first-order valence-electron chi connectivity index (χ1n) is 9.84. The molecule has 0 radical (unpaired) electrons. The highest BCUT2D eigenvalue weighted by molar-refractivity contribution is 5.96. The molecule has 144 valence electrons. The van der Waals surface area contributed by atoms with E-state index in [1.54, 1.807) is 0 Å². The standard InChI is InChI=1S/C23H26N4O/c1-17-21(18(2)27(24-17)20-10-5-4-6-11-20)15-25(3)16-23(28)26-14-13-19-9-7-8-12-22(19)26/h4-12H,13-16H2,1-3H3/p+1. The Morgan fingerprint density at radius 3 is 2.57 bits per heavy atom. The predicted octanol–water partition coefficient (Wildman–Crippen LogP) is 2.09. The van der Waals surface area contributed by atoms with Crippen LogP contribution in [0.2, 0.25) is 0 Å². The van der Waals surface area contributed by atoms with Crippen LogP contribution in [0.15, 0.2) is 54.6 Å². The number of benzene rings is 2. The van der Waals surface area contributed by atoms with Crippen molar-refractivity contribution in [2.75, 3.05) is 25.0 Å². The number of nitrogens with one attached hydrogen (secondary N) is 1. The molecule has 1 N–H and O–H groups in total. The molecule has 1 aliphatic rings. The van der Waals surface area contributed by atoms with Crippen molar-refractivity contribution in [3.05, 3.63) is 77.1 Å². The van der Waals surface area contributed by atoms with Gasteiger partial charge in [-0.05, 0) is 44.0 Å². The van der Waals surface area contributed by atoms with Crippen molar-refractivity contribution in [1.29, 1.82) is 0 Å². The van der Waals surface area contributed by atoms with Gasteiger partial charge < -0.3 is 9.80 Å². The number of likely N-dealkylation sites (N-methyl/N-ethyl adjacent to an activating group) is 1. The van der Waals surface area contributed by atoms with E-state index in [1.165, 1.54) is 16.0 Å². The molecule has 0 aliphatic carbocycles. The van der Waals surface area contributed by atoms with Gasteiger partial charge in [-0.15, -0.1) is 0 Å². The minimum atomic E-state index is 0.188. The van der Waals surface area contributed by atoms with Crippen LogP contribution in [0, 0.1) is 13.8 Å². The van der Waals surface area contributed by atoms with E-state index >= 15 is 0 Å². The molecule has 0 fully saturated rings. The second kappa shape index (κ2) is 7.60. The number of para-hydroxylation sites is 2. The van der Waals surface area contributed by atoms with Crippen LogP contribution in [-0.2, 0) is 17.8 Å². The van der Waals surface area contributed by atoms with Crippen molar-refractivity contribution >= 4 is 11.6 Å². The number of carbonyl (C=O) groups is 1. The highest BCUT2D eigenvalue weighted by Gasteiger charge is 2.27. The summed E-state index contributed by atoms with van der Waals surface area (Å²) in [5.74, 6) is 0.188. The summed E-state index contributed by atoms with van der Waals surface area (Å²) in [6.07, 6.45) is 0.947. The number of amides is 1. The summed E-state index contributed by atoms with van der Waals surface area (Å²) in [4.78, 5) is 16.0. The molecule has 1 unspecified atom stereocenters. The molecule has 0 spiro atoms. The lowest BCUT2D eigenvalue weighted by atomic mass is 10.2. The number of aryl methyl sites for hydroxylation is 1. The van der Waals surface area contributed by atoms with Crippen molar-refractivity contribution in [2.24, 2.45) is 0 Å². The van der Waals surface area contributed by atoms with Gasteiger partial charge in [0.05, 0.1) is 29.7 Å². The lowest BCUT2D eigenvalue weighted by molar-refractivity contribution is -0.885. The fraction of sp³-hybridized carbons (Fsp3) is 0.304. The van der Waals surface area contributed by atoms with Gasteiger partial charge >= 0.3 is 0 Å². The first-order chi connectivity index (χ1) is 13.5. The van der Waals surface area contributed by atoms with E-state index in [9.17, 15) is 4.79 Å². The van der Waals surface area contributed by atoms with Gasteiger partial charge in [0.25, 0.3) is 5.91 Å². The number of aromatic nitrogens is 2. The minimum absolute atomic E-state index is 0.188. The number of rotatable bonds is 5. The van der Waals surface area contributed by atoms with Crippen LogP contribution in [0.25, 0.3) is 5.69 Å². The van der Waals surface area contributed by atoms with Gasteiger partial charge in [-0.1, -0.05) is 36.4 Å². The van der Waals surface area contributed by atoms with Gasteiger partial charge in [0, 0.05) is 12.2 Å². The predicted molar refractivity (Wildman–Crippen MR) is 111 cm³/mol. The molecule has 28 heavy (non-hydrogen) atoms. The molecular weight excluding hydrogens is 348 g/mol. The first-order valence-corrected chi connectivity index (χ1v) is 9.84. The zero-order valence-corrected chi connectivity index (χ0v) is 16.8. The molecule has 0 bridgehead atoms. The van der Waals surface area contributed by atoms with Crippen LogP contribution in [0.4, 0.5) is 5.69 Å². The summed E-state index contributed by atoms with van der Waals surface area (Å²) in [6, 6.07) is 18.4. The van der Waals surface area contributed by atoms with E-state index in [1.807, 2.05) is 52.9 Å². The molecular formula is C23H27N4O+. The van der Waals surface area contributed by atoms with Crippen molar-refractivity contribution < 1.29 is 9.69 Å². The average Bonchev–Trinajstić information content (AvgIpc) is 3.25. The highest BCUT2D eigenvalue weighted by atomic mass is 16.2. The van der Waals surface area contributed by atoms with E-state index in [-0.39, 0.29) is 5.91 Å². The Morgan fingerprint density at radius 2 is 1.79 bits per heavy atom. The van der Waals surface area contributed by atoms with Crippen molar-refractivity contribution in [3.8, 4) is 5.69 Å². The number of hydrogen-bond donors (Lipinski definition) is 1. The Bertz CT molecular complexity index is 993. The Labute approximate surface area is 166 Å². The van der Waals surface area contributed by atoms with E-state index in [0.29, 0.717) is 6.54 Å². The third kappa shape index (κ3) is 3.45. The molecule has 5 nitrogen and oxygen atoms in total. The number of nitrogens with zero attached hydrogens (tertiary/aromatic N) is 3. The smallest absolute Gasteiger partial charge is 0.282 e. The average molecular weight is 375 g/mol. The largest absolute Gasteiger partial charge is 0.326 e. The normalized spacial score (nSPS) is 14.2. The monoisotopic (exact) mass is 375 g/mol. The number of quaternary nitrogens is 1. The fourth-order valence-corrected chi connectivity index (χ4v) is 4.07. The Balaban J connectivity index is 1.47. The zero-order valence-electron chi connectivity index (χ0n) is 16.8. The summed E-state index contributed by atoms with van der Waals surface area (Å²) < 4.78 is 2.00. The Kier molecular flexibility index (Phi) is 5.01. The van der Waals surface area contributed by atoms with E-state index in [4.69, 9.17) is 5.10 Å². The van der Waals surface area contributed by atoms with E-state index < -0.39 is 0 Å². The molecule has 3 aromatic rings. The Hall–Kier alpha value is -2.92. The summed E-state index contributed by atoms with van der Waals surface area (Å²) in [5, 5.41) is 4.73. The number of anilines is 1. The van der Waals surface area contributed by atoms with Gasteiger partial charge in [-0.2, -0.15) is 5.10 Å². The molecule has 2 heterocycles. The highest BCUT2D eigenvalue weighted by Crippen LogP contribution is 2.27. The van der Waals surface area contributed by atoms with Gasteiger partial charge in [0.1, 0.15) is 6.54 Å². The second-order valence-corrected chi connectivity index (χ2v) is 7.63. The molecule has 4 rings (SSSR count). The molecule has 1 aromatic heterocycles. The molecule has 1 amide bonds. The third-order valence-corrected chi connectivity index (χ3v) is 5.56. The molecule has 0 saturated carbocycles. The SMILES string of the molecule is Cc1nn(-c2ccccc2)c(C)c1C[NH+](C)CC(=O)N1CCc2ccccc21. The minimum Gasteiger partial charge on any atom is -0.326 e. The lowest BCUT2D eigenvalue weighted by Crippen LogP contribution is -3.09. The van der Waals surface area contributed by atoms with Gasteiger partial charge in [0.2, 0.25) is 0 Å². The maximum atomic E-state index is 12.9. The van der Waals surface area contributed by atoms with Crippen LogP contribution < -0.4 is 9.80 Å². The van der Waals surface area contributed by atoms with Crippen molar-refractivity contribution in [3.63, 3.8) is 0 Å². The van der Waals surface area contributed by atoms with Gasteiger partial charge in [-0.25, -0.2) is 4.68 Å². The quantitative estimate of drug-likeness (QED) is 0.742. The van der Waals surface area contributed by atoms with E-state index in [2.05, 4.69) is 32.2 Å². The van der Waals surface area contributed by atoms with Crippen molar-refractivity contribution in [1.82, 2.24) is 9.78 Å². The van der Waals surface area contributed by atoms with Crippen LogP contribution in [0.3, 0.4) is 0 Å². The zero-order chi connectivity index (χ0) is 19.7. The second-order valence-electron chi connectivity index (χ2n) is 7.63. The summed E-state index contributed by atoms with van der Waals surface area (Å²) in [5.41, 5.74) is 6.79. The third-order valence-electron chi connectivity index (χ3n) is 5.56.